The van der Waals surface area contributed by atoms with Crippen molar-refractivity contribution >= 4 is 15.9 Å². The minimum atomic E-state index is -3.52. The zero-order valence-corrected chi connectivity index (χ0v) is 12.0. The maximum atomic E-state index is 12.1. The van der Waals surface area contributed by atoms with Crippen LogP contribution in [0.2, 0.25) is 0 Å². The zero-order valence-electron chi connectivity index (χ0n) is 11.1. The molecule has 0 aromatic heterocycles. The number of benzene rings is 1. The van der Waals surface area contributed by atoms with Crippen LogP contribution in [0.15, 0.2) is 24.3 Å². The third kappa shape index (κ3) is 3.32. The molecule has 0 saturated carbocycles. The van der Waals surface area contributed by atoms with Crippen molar-refractivity contribution in [1.82, 2.24) is 4.72 Å². The smallest absolute Gasteiger partial charge is 0.243 e. The predicted molar refractivity (Wildman–Crippen MR) is 71.8 cm³/mol. The van der Waals surface area contributed by atoms with Gasteiger partial charge in [0.15, 0.2) is 0 Å². The van der Waals surface area contributed by atoms with Gasteiger partial charge in [-0.3, -0.25) is 9.52 Å². The van der Waals surface area contributed by atoms with Crippen LogP contribution < -0.4 is 4.72 Å². The Morgan fingerprint density at radius 3 is 2.44 bits per heavy atom. The second-order valence-corrected chi connectivity index (χ2v) is 6.84. The fourth-order valence-electron chi connectivity index (χ4n) is 1.51. The summed E-state index contributed by atoms with van der Waals surface area (Å²) in [4.78, 5) is 12.1. The molecule has 0 spiro atoms. The van der Waals surface area contributed by atoms with Crippen molar-refractivity contribution in [3.8, 4) is 0 Å². The molecule has 0 fully saturated rings. The van der Waals surface area contributed by atoms with E-state index < -0.39 is 21.3 Å². The summed E-state index contributed by atoms with van der Waals surface area (Å²) in [6.45, 7) is 6.85. The number of hydrogen-bond acceptors (Lipinski definition) is 3. The van der Waals surface area contributed by atoms with Crippen LogP contribution in [0.1, 0.15) is 31.9 Å². The second-order valence-electron chi connectivity index (χ2n) is 4.83. The summed E-state index contributed by atoms with van der Waals surface area (Å²) in [5, 5.41) is 0. The Kier molecular flexibility index (Phi) is 4.16. The number of carbonyl (C=O) groups is 1. The van der Waals surface area contributed by atoms with Gasteiger partial charge in [0, 0.05) is 0 Å². The SMILES string of the molecule is CCS(=O)(=O)NC(=O)C(C)(C)c1cccc(C)c1. The molecular formula is C13H19NO3S. The summed E-state index contributed by atoms with van der Waals surface area (Å²) < 4.78 is 24.9. The molecule has 0 aliphatic rings. The fraction of sp³-hybridized carbons (Fsp3) is 0.462. The lowest BCUT2D eigenvalue weighted by molar-refractivity contribution is -0.123. The topological polar surface area (TPSA) is 63.2 Å². The number of nitrogens with one attached hydrogen (secondary N) is 1. The van der Waals surface area contributed by atoms with E-state index in [1.54, 1.807) is 13.8 Å². The van der Waals surface area contributed by atoms with Crippen LogP contribution in [0.3, 0.4) is 0 Å². The number of aryl methyl sites for hydroxylation is 1. The monoisotopic (exact) mass is 269 g/mol. The number of carbonyl (C=O) groups excluding carboxylic acids is 1. The minimum absolute atomic E-state index is 0.108. The molecule has 4 nitrogen and oxygen atoms in total. The van der Waals surface area contributed by atoms with Crippen LogP contribution in [0.5, 0.6) is 0 Å². The van der Waals surface area contributed by atoms with E-state index in [1.165, 1.54) is 6.92 Å². The second kappa shape index (κ2) is 5.10. The highest BCUT2D eigenvalue weighted by atomic mass is 32.2. The predicted octanol–water partition coefficient (Wildman–Crippen LogP) is 1.74. The van der Waals surface area contributed by atoms with Gasteiger partial charge < -0.3 is 0 Å². The number of amides is 1. The Bertz CT molecular complexity index is 547. The van der Waals surface area contributed by atoms with E-state index in [0.29, 0.717) is 0 Å². The lowest BCUT2D eigenvalue weighted by Gasteiger charge is -2.24. The molecule has 1 aromatic rings. The van der Waals surface area contributed by atoms with E-state index in [2.05, 4.69) is 4.72 Å². The van der Waals surface area contributed by atoms with Crippen LogP contribution >= 0.6 is 0 Å². The molecule has 1 N–H and O–H groups in total. The molecule has 1 rings (SSSR count). The van der Waals surface area contributed by atoms with Crippen LogP contribution in [-0.4, -0.2) is 20.1 Å². The zero-order chi connectivity index (χ0) is 14.0. The quantitative estimate of drug-likeness (QED) is 0.905. The standard InChI is InChI=1S/C13H19NO3S/c1-5-18(16,17)14-12(15)13(3,4)11-8-6-7-10(2)9-11/h6-9H,5H2,1-4H3,(H,14,15). The third-order valence-corrected chi connectivity index (χ3v) is 4.19. The average Bonchev–Trinajstić information content (AvgIpc) is 2.28. The largest absolute Gasteiger partial charge is 0.273 e. The lowest BCUT2D eigenvalue weighted by Crippen LogP contribution is -2.43. The molecule has 0 bridgehead atoms. The summed E-state index contributed by atoms with van der Waals surface area (Å²) in [6.07, 6.45) is 0. The van der Waals surface area contributed by atoms with Gasteiger partial charge in [-0.05, 0) is 33.3 Å². The molecule has 100 valence electrons. The van der Waals surface area contributed by atoms with Gasteiger partial charge in [-0.2, -0.15) is 0 Å². The fourth-order valence-corrected chi connectivity index (χ4v) is 2.19. The number of rotatable bonds is 4. The summed E-state index contributed by atoms with van der Waals surface area (Å²) in [6, 6.07) is 7.50. The first-order valence-corrected chi connectivity index (χ1v) is 7.46. The van der Waals surface area contributed by atoms with E-state index in [1.807, 2.05) is 31.2 Å². The summed E-state index contributed by atoms with van der Waals surface area (Å²) in [7, 11) is -3.52. The van der Waals surface area contributed by atoms with Gasteiger partial charge in [0.05, 0.1) is 11.2 Å². The van der Waals surface area contributed by atoms with Crippen molar-refractivity contribution in [2.24, 2.45) is 0 Å². The molecule has 0 atom stereocenters. The highest BCUT2D eigenvalue weighted by Crippen LogP contribution is 2.24. The van der Waals surface area contributed by atoms with E-state index in [9.17, 15) is 13.2 Å². The molecule has 18 heavy (non-hydrogen) atoms. The van der Waals surface area contributed by atoms with Crippen molar-refractivity contribution in [1.29, 1.82) is 0 Å². The van der Waals surface area contributed by atoms with E-state index in [4.69, 9.17) is 0 Å². The van der Waals surface area contributed by atoms with Gasteiger partial charge in [0.2, 0.25) is 15.9 Å². The maximum absolute atomic E-state index is 12.1. The van der Waals surface area contributed by atoms with Crippen LogP contribution in [0.25, 0.3) is 0 Å². The Morgan fingerprint density at radius 1 is 1.33 bits per heavy atom. The van der Waals surface area contributed by atoms with Crippen molar-refractivity contribution in [3.05, 3.63) is 35.4 Å². The number of hydrogen-bond donors (Lipinski definition) is 1. The molecule has 0 aliphatic heterocycles. The highest BCUT2D eigenvalue weighted by molar-refractivity contribution is 7.90. The average molecular weight is 269 g/mol. The molecular weight excluding hydrogens is 250 g/mol. The Balaban J connectivity index is 3.04. The molecule has 0 saturated heterocycles. The first-order valence-electron chi connectivity index (χ1n) is 5.81. The van der Waals surface area contributed by atoms with Crippen LogP contribution in [0.4, 0.5) is 0 Å². The van der Waals surface area contributed by atoms with Gasteiger partial charge in [0.25, 0.3) is 0 Å². The molecule has 0 heterocycles. The minimum Gasteiger partial charge on any atom is -0.273 e. The van der Waals surface area contributed by atoms with E-state index >= 15 is 0 Å². The molecule has 0 unspecified atom stereocenters. The van der Waals surface area contributed by atoms with Crippen molar-refractivity contribution in [3.63, 3.8) is 0 Å². The summed E-state index contributed by atoms with van der Waals surface area (Å²) in [5.74, 6) is -0.613. The van der Waals surface area contributed by atoms with Gasteiger partial charge in [-0.15, -0.1) is 0 Å². The normalized spacial score (nSPS) is 12.2. The maximum Gasteiger partial charge on any atom is 0.243 e. The lowest BCUT2D eigenvalue weighted by atomic mass is 9.83. The van der Waals surface area contributed by atoms with E-state index in [-0.39, 0.29) is 5.75 Å². The molecule has 0 radical (unpaired) electrons. The van der Waals surface area contributed by atoms with Crippen molar-refractivity contribution < 1.29 is 13.2 Å². The van der Waals surface area contributed by atoms with Crippen molar-refractivity contribution in [2.45, 2.75) is 33.1 Å². The first kappa shape index (κ1) is 14.7. The molecule has 1 aromatic carbocycles. The van der Waals surface area contributed by atoms with Gasteiger partial charge in [0.1, 0.15) is 0 Å². The molecule has 0 aliphatic carbocycles. The van der Waals surface area contributed by atoms with Gasteiger partial charge in [-0.1, -0.05) is 29.8 Å². The molecule has 5 heteroatoms. The van der Waals surface area contributed by atoms with Crippen LogP contribution in [-0.2, 0) is 20.2 Å². The Morgan fingerprint density at radius 2 is 1.94 bits per heavy atom. The molecule has 1 amide bonds. The Labute approximate surface area is 108 Å². The highest BCUT2D eigenvalue weighted by Gasteiger charge is 2.32. The summed E-state index contributed by atoms with van der Waals surface area (Å²) in [5.41, 5.74) is 0.951. The number of sulfonamides is 1. The van der Waals surface area contributed by atoms with Crippen LogP contribution in [0, 0.1) is 6.92 Å². The summed E-state index contributed by atoms with van der Waals surface area (Å²) >= 11 is 0. The van der Waals surface area contributed by atoms with E-state index in [0.717, 1.165) is 11.1 Å². The van der Waals surface area contributed by atoms with Gasteiger partial charge >= 0.3 is 0 Å². The third-order valence-electron chi connectivity index (χ3n) is 2.94. The Hall–Kier alpha value is -1.36. The van der Waals surface area contributed by atoms with Gasteiger partial charge in [-0.25, -0.2) is 8.42 Å². The first-order chi connectivity index (χ1) is 8.19. The van der Waals surface area contributed by atoms with Crippen molar-refractivity contribution in [2.75, 3.05) is 5.75 Å².